The molecule has 1 aromatic carbocycles. The highest BCUT2D eigenvalue weighted by molar-refractivity contribution is 5.80. The van der Waals surface area contributed by atoms with Crippen LogP contribution in [0.15, 0.2) is 48.8 Å². The lowest BCUT2D eigenvalue weighted by Gasteiger charge is -2.25. The van der Waals surface area contributed by atoms with Gasteiger partial charge in [0.15, 0.2) is 5.82 Å². The molecule has 0 fully saturated rings. The summed E-state index contributed by atoms with van der Waals surface area (Å²) < 4.78 is 3.73. The van der Waals surface area contributed by atoms with Crippen molar-refractivity contribution in [2.75, 3.05) is 13.1 Å². The minimum Gasteiger partial charge on any atom is -0.339 e. The summed E-state index contributed by atoms with van der Waals surface area (Å²) in [6.45, 7) is 4.04. The van der Waals surface area contributed by atoms with Crippen LogP contribution in [0.4, 0.5) is 0 Å². The lowest BCUT2D eigenvalue weighted by Crippen LogP contribution is -2.39. The Balaban J connectivity index is 1.38. The number of aryl methyl sites for hydroxylation is 2. The molecule has 1 aliphatic rings. The molecule has 1 amide bonds. The van der Waals surface area contributed by atoms with Crippen molar-refractivity contribution >= 4 is 5.91 Å². The molecule has 7 nitrogen and oxygen atoms in total. The normalized spacial score (nSPS) is 15.1. The number of carbonyl (C=O) groups excluding carboxylic acids is 1. The predicted molar refractivity (Wildman–Crippen MR) is 106 cm³/mol. The fraction of sp³-hybridized carbons (Fsp3) is 0.429. The van der Waals surface area contributed by atoms with Gasteiger partial charge in [-0.15, -0.1) is 0 Å². The highest BCUT2D eigenvalue weighted by Crippen LogP contribution is 2.17. The standard InChI is InChI=1S/C21H26N6O/c1-2-18(26-13-6-12-22-26)21(28)25-14-11-20-23-19(24-27(20)16-15-25)10-9-17-7-4-3-5-8-17/h3-8,12-13,18H,2,9-11,14-16H2,1H3. The van der Waals surface area contributed by atoms with E-state index < -0.39 is 0 Å². The van der Waals surface area contributed by atoms with Crippen molar-refractivity contribution in [2.45, 2.75) is 45.2 Å². The number of rotatable bonds is 6. The molecule has 4 rings (SSSR count). The molecule has 0 radical (unpaired) electrons. The molecule has 0 N–H and O–H groups in total. The Kier molecular flexibility index (Phi) is 5.50. The van der Waals surface area contributed by atoms with E-state index in [-0.39, 0.29) is 11.9 Å². The average molecular weight is 378 g/mol. The Morgan fingerprint density at radius 3 is 2.71 bits per heavy atom. The Bertz CT molecular complexity index is 877. The molecule has 0 saturated heterocycles. The summed E-state index contributed by atoms with van der Waals surface area (Å²) >= 11 is 0. The molecule has 1 unspecified atom stereocenters. The van der Waals surface area contributed by atoms with Crippen LogP contribution in [0.1, 0.15) is 36.6 Å². The van der Waals surface area contributed by atoms with Gasteiger partial charge in [-0.05, 0) is 24.5 Å². The maximum absolute atomic E-state index is 13.0. The molecule has 0 bridgehead atoms. The summed E-state index contributed by atoms with van der Waals surface area (Å²) in [6.07, 6.45) is 6.81. The number of benzene rings is 1. The van der Waals surface area contributed by atoms with Crippen LogP contribution in [-0.2, 0) is 30.6 Å². The smallest absolute Gasteiger partial charge is 0.247 e. The number of hydrogen-bond donors (Lipinski definition) is 0. The molecule has 7 heteroatoms. The lowest BCUT2D eigenvalue weighted by atomic mass is 10.1. The summed E-state index contributed by atoms with van der Waals surface area (Å²) in [5, 5.41) is 8.94. The average Bonchev–Trinajstić information content (AvgIpc) is 3.34. The molecular formula is C21H26N6O. The second kappa shape index (κ2) is 8.37. The summed E-state index contributed by atoms with van der Waals surface area (Å²) in [4.78, 5) is 19.7. The number of amides is 1. The molecule has 28 heavy (non-hydrogen) atoms. The molecule has 2 aromatic heterocycles. The van der Waals surface area contributed by atoms with E-state index in [1.54, 1.807) is 10.9 Å². The second-order valence-corrected chi connectivity index (χ2v) is 7.14. The van der Waals surface area contributed by atoms with Gasteiger partial charge in [-0.1, -0.05) is 37.3 Å². The van der Waals surface area contributed by atoms with Gasteiger partial charge in [-0.25, -0.2) is 9.67 Å². The molecular weight excluding hydrogens is 352 g/mol. The third kappa shape index (κ3) is 3.98. The van der Waals surface area contributed by atoms with Crippen molar-refractivity contribution in [3.63, 3.8) is 0 Å². The monoisotopic (exact) mass is 378 g/mol. The van der Waals surface area contributed by atoms with Crippen LogP contribution in [0.2, 0.25) is 0 Å². The molecule has 3 heterocycles. The number of fused-ring (bicyclic) bond motifs is 1. The van der Waals surface area contributed by atoms with Crippen molar-refractivity contribution < 1.29 is 4.79 Å². The maximum atomic E-state index is 13.0. The van der Waals surface area contributed by atoms with Crippen LogP contribution in [0.3, 0.4) is 0 Å². The van der Waals surface area contributed by atoms with Gasteiger partial charge < -0.3 is 4.90 Å². The summed E-state index contributed by atoms with van der Waals surface area (Å²) in [6, 6.07) is 12.0. The summed E-state index contributed by atoms with van der Waals surface area (Å²) in [7, 11) is 0. The molecule has 3 aromatic rings. The highest BCUT2D eigenvalue weighted by atomic mass is 16.2. The van der Waals surface area contributed by atoms with Crippen molar-refractivity contribution in [1.82, 2.24) is 29.4 Å². The number of hydrogen-bond acceptors (Lipinski definition) is 4. The van der Waals surface area contributed by atoms with Crippen LogP contribution in [-0.4, -0.2) is 48.4 Å². The molecule has 0 aliphatic carbocycles. The second-order valence-electron chi connectivity index (χ2n) is 7.14. The zero-order valence-corrected chi connectivity index (χ0v) is 16.2. The fourth-order valence-electron chi connectivity index (χ4n) is 3.73. The first-order valence-corrected chi connectivity index (χ1v) is 9.99. The fourth-order valence-corrected chi connectivity index (χ4v) is 3.73. The highest BCUT2D eigenvalue weighted by Gasteiger charge is 2.27. The van der Waals surface area contributed by atoms with Gasteiger partial charge in [0.1, 0.15) is 11.9 Å². The predicted octanol–water partition coefficient (Wildman–Crippen LogP) is 2.30. The third-order valence-corrected chi connectivity index (χ3v) is 5.29. The van der Waals surface area contributed by atoms with E-state index in [2.05, 4.69) is 34.5 Å². The van der Waals surface area contributed by atoms with Crippen LogP contribution in [0.5, 0.6) is 0 Å². The largest absolute Gasteiger partial charge is 0.339 e. The Labute approximate surface area is 165 Å². The van der Waals surface area contributed by atoms with Gasteiger partial charge in [-0.3, -0.25) is 9.48 Å². The van der Waals surface area contributed by atoms with Crippen LogP contribution in [0, 0.1) is 0 Å². The molecule has 146 valence electrons. The van der Waals surface area contributed by atoms with E-state index >= 15 is 0 Å². The van der Waals surface area contributed by atoms with E-state index in [1.165, 1.54) is 5.56 Å². The van der Waals surface area contributed by atoms with Gasteiger partial charge in [0.2, 0.25) is 5.91 Å². The Morgan fingerprint density at radius 2 is 1.96 bits per heavy atom. The summed E-state index contributed by atoms with van der Waals surface area (Å²) in [5.74, 6) is 1.99. The molecule has 0 saturated carbocycles. The van der Waals surface area contributed by atoms with E-state index in [0.717, 1.165) is 37.3 Å². The van der Waals surface area contributed by atoms with Gasteiger partial charge in [0, 0.05) is 38.3 Å². The van der Waals surface area contributed by atoms with Crippen LogP contribution in [0.25, 0.3) is 0 Å². The minimum atomic E-state index is -0.241. The molecule has 1 atom stereocenters. The van der Waals surface area contributed by atoms with Crippen LogP contribution < -0.4 is 0 Å². The van der Waals surface area contributed by atoms with E-state index in [4.69, 9.17) is 4.98 Å². The van der Waals surface area contributed by atoms with Crippen molar-refractivity contribution in [1.29, 1.82) is 0 Å². The van der Waals surface area contributed by atoms with E-state index in [1.807, 2.05) is 34.8 Å². The van der Waals surface area contributed by atoms with Gasteiger partial charge in [0.25, 0.3) is 0 Å². The van der Waals surface area contributed by atoms with Crippen molar-refractivity contribution in [2.24, 2.45) is 0 Å². The first-order valence-electron chi connectivity index (χ1n) is 9.99. The number of nitrogens with zero attached hydrogens (tertiary/aromatic N) is 6. The first kappa shape index (κ1) is 18.4. The lowest BCUT2D eigenvalue weighted by molar-refractivity contribution is -0.135. The molecule has 1 aliphatic heterocycles. The molecule has 0 spiro atoms. The van der Waals surface area contributed by atoms with Gasteiger partial charge >= 0.3 is 0 Å². The minimum absolute atomic E-state index is 0.126. The number of aromatic nitrogens is 5. The zero-order valence-electron chi connectivity index (χ0n) is 16.2. The Morgan fingerprint density at radius 1 is 1.11 bits per heavy atom. The summed E-state index contributed by atoms with van der Waals surface area (Å²) in [5.41, 5.74) is 1.30. The van der Waals surface area contributed by atoms with Crippen molar-refractivity contribution in [3.05, 3.63) is 66.0 Å². The van der Waals surface area contributed by atoms with Gasteiger partial charge in [-0.2, -0.15) is 10.2 Å². The third-order valence-electron chi connectivity index (χ3n) is 5.29. The zero-order chi connectivity index (χ0) is 19.3. The van der Waals surface area contributed by atoms with Crippen LogP contribution >= 0.6 is 0 Å². The Hall–Kier alpha value is -2.96. The quantitative estimate of drug-likeness (QED) is 0.660. The topological polar surface area (TPSA) is 68.8 Å². The van der Waals surface area contributed by atoms with Gasteiger partial charge in [0.05, 0.1) is 6.54 Å². The maximum Gasteiger partial charge on any atom is 0.247 e. The first-order chi connectivity index (χ1) is 13.7. The SMILES string of the molecule is CCC(C(=O)N1CCc2nc(CCc3ccccc3)nn2CC1)n1cccn1. The van der Waals surface area contributed by atoms with E-state index in [9.17, 15) is 4.79 Å². The van der Waals surface area contributed by atoms with Crippen molar-refractivity contribution in [3.8, 4) is 0 Å². The number of carbonyl (C=O) groups is 1. The van der Waals surface area contributed by atoms with E-state index in [0.29, 0.717) is 19.6 Å².